The zero-order valence-electron chi connectivity index (χ0n) is 11.8. The van der Waals surface area contributed by atoms with Crippen LogP contribution in [0.4, 0.5) is 17.6 Å². The van der Waals surface area contributed by atoms with Crippen molar-refractivity contribution in [2.75, 3.05) is 6.54 Å². The van der Waals surface area contributed by atoms with E-state index in [1.807, 2.05) is 0 Å². The molecule has 0 saturated carbocycles. The summed E-state index contributed by atoms with van der Waals surface area (Å²) in [4.78, 5) is 13.8. The Morgan fingerprint density at radius 2 is 2.13 bits per heavy atom. The summed E-state index contributed by atoms with van der Waals surface area (Å²) in [5.74, 6) is -0.707. The van der Waals surface area contributed by atoms with Gasteiger partial charge in [-0.15, -0.1) is 0 Å². The van der Waals surface area contributed by atoms with E-state index in [1.165, 1.54) is 23.1 Å². The second kappa shape index (κ2) is 6.88. The Bertz CT molecular complexity index is 664. The molecule has 1 aromatic carbocycles. The number of hydrogen-bond donors (Lipinski definition) is 0. The molecule has 0 bridgehead atoms. The van der Waals surface area contributed by atoms with Gasteiger partial charge in [-0.1, -0.05) is 36.1 Å². The van der Waals surface area contributed by atoms with Gasteiger partial charge in [0.25, 0.3) is 5.91 Å². The van der Waals surface area contributed by atoms with Crippen molar-refractivity contribution >= 4 is 40.3 Å². The number of nitrogens with zero attached hydrogens (tertiary/aromatic N) is 1. The summed E-state index contributed by atoms with van der Waals surface area (Å²) >= 11 is 6.14. The summed E-state index contributed by atoms with van der Waals surface area (Å²) in [5.41, 5.74) is 0.365. The lowest BCUT2D eigenvalue weighted by molar-refractivity contribution is -0.253. The normalized spacial score (nSPS) is 17.5. The Balaban J connectivity index is 2.23. The highest BCUT2D eigenvalue weighted by atomic mass is 32.2. The molecule has 2 rings (SSSR count). The minimum absolute atomic E-state index is 0.285. The summed E-state index contributed by atoms with van der Waals surface area (Å²) in [6, 6.07) is 5.18. The molecule has 0 aliphatic carbocycles. The van der Waals surface area contributed by atoms with Crippen LogP contribution in [0.15, 0.2) is 29.2 Å². The Kier molecular flexibility index (Phi) is 5.30. The SMILES string of the molecule is CCN1C(=O)/C(=C\c2cccc(OC(F)(F)C(F)F)c2)SC1=S. The van der Waals surface area contributed by atoms with Crippen LogP contribution in [-0.4, -0.2) is 34.2 Å². The van der Waals surface area contributed by atoms with Crippen molar-refractivity contribution in [2.24, 2.45) is 0 Å². The van der Waals surface area contributed by atoms with Crippen molar-refractivity contribution in [1.29, 1.82) is 0 Å². The highest BCUT2D eigenvalue weighted by Crippen LogP contribution is 2.33. The fourth-order valence-electron chi connectivity index (χ4n) is 1.79. The van der Waals surface area contributed by atoms with Crippen molar-refractivity contribution in [1.82, 2.24) is 4.90 Å². The maximum atomic E-state index is 12.9. The molecule has 1 heterocycles. The summed E-state index contributed by atoms with van der Waals surface area (Å²) in [7, 11) is 0. The highest BCUT2D eigenvalue weighted by molar-refractivity contribution is 8.26. The molecule has 0 atom stereocenters. The molecule has 1 saturated heterocycles. The molecule has 9 heteroatoms. The smallest absolute Gasteiger partial charge is 0.428 e. The molecule has 0 aromatic heterocycles. The van der Waals surface area contributed by atoms with Crippen LogP contribution in [0.25, 0.3) is 6.08 Å². The van der Waals surface area contributed by atoms with E-state index < -0.39 is 18.3 Å². The average Bonchev–Trinajstić information content (AvgIpc) is 2.72. The highest BCUT2D eigenvalue weighted by Gasteiger charge is 2.44. The molecule has 0 N–H and O–H groups in total. The van der Waals surface area contributed by atoms with Crippen LogP contribution in [0.3, 0.4) is 0 Å². The third kappa shape index (κ3) is 4.03. The van der Waals surface area contributed by atoms with Gasteiger partial charge >= 0.3 is 12.5 Å². The van der Waals surface area contributed by atoms with E-state index in [1.54, 1.807) is 6.92 Å². The van der Waals surface area contributed by atoms with Crippen LogP contribution >= 0.6 is 24.0 Å². The van der Waals surface area contributed by atoms with Crippen molar-refractivity contribution < 1.29 is 27.1 Å². The zero-order chi connectivity index (χ0) is 17.2. The number of amides is 1. The Morgan fingerprint density at radius 1 is 1.43 bits per heavy atom. The van der Waals surface area contributed by atoms with Crippen molar-refractivity contribution in [3.8, 4) is 5.75 Å². The van der Waals surface area contributed by atoms with E-state index >= 15 is 0 Å². The molecule has 1 aliphatic heterocycles. The zero-order valence-corrected chi connectivity index (χ0v) is 13.4. The first-order chi connectivity index (χ1) is 10.7. The first-order valence-corrected chi connectivity index (χ1v) is 7.67. The molecule has 1 aliphatic rings. The number of halogens is 4. The molecule has 0 unspecified atom stereocenters. The number of hydrogen-bond acceptors (Lipinski definition) is 4. The molecule has 0 radical (unpaired) electrons. The number of likely N-dealkylation sites (N-methyl/N-ethyl adjacent to an activating group) is 1. The topological polar surface area (TPSA) is 29.5 Å². The van der Waals surface area contributed by atoms with E-state index in [4.69, 9.17) is 12.2 Å². The summed E-state index contributed by atoms with van der Waals surface area (Å²) in [6.45, 7) is 2.19. The Labute approximate surface area is 139 Å². The second-order valence-electron chi connectivity index (χ2n) is 4.46. The molecular formula is C14H11F4NO2S2. The predicted molar refractivity (Wildman–Crippen MR) is 83.6 cm³/mol. The summed E-state index contributed by atoms with van der Waals surface area (Å²) in [6.07, 6.45) is -7.07. The monoisotopic (exact) mass is 365 g/mol. The lowest BCUT2D eigenvalue weighted by atomic mass is 10.2. The minimum atomic E-state index is -4.58. The van der Waals surface area contributed by atoms with Gasteiger partial charge < -0.3 is 4.74 Å². The van der Waals surface area contributed by atoms with Gasteiger partial charge in [0, 0.05) is 6.54 Å². The van der Waals surface area contributed by atoms with Crippen molar-refractivity contribution in [3.63, 3.8) is 0 Å². The summed E-state index contributed by atoms with van der Waals surface area (Å²) < 4.78 is 54.5. The van der Waals surface area contributed by atoms with Crippen LogP contribution < -0.4 is 4.74 Å². The molecule has 23 heavy (non-hydrogen) atoms. The van der Waals surface area contributed by atoms with Crippen molar-refractivity contribution in [3.05, 3.63) is 34.7 Å². The average molecular weight is 365 g/mol. The Morgan fingerprint density at radius 3 is 2.70 bits per heavy atom. The van der Waals surface area contributed by atoms with Gasteiger partial charge in [0.05, 0.1) is 4.91 Å². The van der Waals surface area contributed by atoms with Crippen LogP contribution in [0.1, 0.15) is 12.5 Å². The first-order valence-electron chi connectivity index (χ1n) is 6.45. The van der Waals surface area contributed by atoms with Gasteiger partial charge in [0.1, 0.15) is 10.1 Å². The maximum absolute atomic E-state index is 12.9. The van der Waals surface area contributed by atoms with Crippen LogP contribution in [0.5, 0.6) is 5.75 Å². The van der Waals surface area contributed by atoms with Gasteiger partial charge in [-0.3, -0.25) is 9.69 Å². The number of thioether (sulfide) groups is 1. The molecule has 1 amide bonds. The third-order valence-corrected chi connectivity index (χ3v) is 4.23. The van der Waals surface area contributed by atoms with Gasteiger partial charge in [-0.05, 0) is 30.7 Å². The number of carbonyl (C=O) groups is 1. The molecular weight excluding hydrogens is 354 g/mol. The molecule has 3 nitrogen and oxygen atoms in total. The Hall–Kier alpha value is -1.61. The number of benzene rings is 1. The molecule has 124 valence electrons. The summed E-state index contributed by atoms with van der Waals surface area (Å²) in [5, 5.41) is 0. The predicted octanol–water partition coefficient (Wildman–Crippen LogP) is 4.14. The molecule has 0 spiro atoms. The van der Waals surface area contributed by atoms with Gasteiger partial charge in [-0.2, -0.15) is 17.6 Å². The number of thiocarbonyl (C=S) groups is 1. The second-order valence-corrected chi connectivity index (χ2v) is 6.14. The fourth-order valence-corrected chi connectivity index (χ4v) is 3.18. The van der Waals surface area contributed by atoms with Gasteiger partial charge in [0.15, 0.2) is 0 Å². The quantitative estimate of drug-likeness (QED) is 0.446. The minimum Gasteiger partial charge on any atom is -0.428 e. The largest absolute Gasteiger partial charge is 0.461 e. The van der Waals surface area contributed by atoms with Gasteiger partial charge in [0.2, 0.25) is 0 Å². The first kappa shape index (κ1) is 17.7. The lowest BCUT2D eigenvalue weighted by Gasteiger charge is -2.16. The van der Waals surface area contributed by atoms with E-state index in [0.29, 0.717) is 21.3 Å². The van der Waals surface area contributed by atoms with E-state index in [2.05, 4.69) is 4.74 Å². The molecule has 1 fully saturated rings. The standard InChI is InChI=1S/C14H11F4NO2S2/c1-2-19-11(20)10(23-13(19)22)7-8-4-3-5-9(6-8)21-14(17,18)12(15)16/h3-7,12H,2H2,1H3/b10-7+. The van der Waals surface area contributed by atoms with E-state index in [9.17, 15) is 22.4 Å². The van der Waals surface area contributed by atoms with E-state index in [0.717, 1.165) is 23.9 Å². The fraction of sp³-hybridized carbons (Fsp3) is 0.286. The number of alkyl halides is 4. The number of ether oxygens (including phenoxy) is 1. The van der Waals surface area contributed by atoms with Crippen LogP contribution in [-0.2, 0) is 4.79 Å². The number of carbonyl (C=O) groups excluding carboxylic acids is 1. The van der Waals surface area contributed by atoms with Crippen molar-refractivity contribution in [2.45, 2.75) is 19.5 Å². The van der Waals surface area contributed by atoms with Crippen LogP contribution in [0.2, 0.25) is 0 Å². The number of rotatable bonds is 5. The lowest BCUT2D eigenvalue weighted by Crippen LogP contribution is -2.33. The van der Waals surface area contributed by atoms with Gasteiger partial charge in [-0.25, -0.2) is 0 Å². The maximum Gasteiger partial charge on any atom is 0.461 e. The van der Waals surface area contributed by atoms with E-state index in [-0.39, 0.29) is 5.91 Å². The third-order valence-electron chi connectivity index (χ3n) is 2.85. The molecule has 1 aromatic rings. The van der Waals surface area contributed by atoms with Crippen LogP contribution in [0, 0.1) is 0 Å².